The van der Waals surface area contributed by atoms with E-state index < -0.39 is 16.1 Å². The Kier molecular flexibility index (Phi) is 7.02. The first-order valence-electron chi connectivity index (χ1n) is 7.51. The molecule has 1 aromatic rings. The van der Waals surface area contributed by atoms with Crippen molar-refractivity contribution in [2.24, 2.45) is 0 Å². The van der Waals surface area contributed by atoms with Crippen molar-refractivity contribution < 1.29 is 17.9 Å². The number of nitrogens with one attached hydrogen (secondary N) is 1. The van der Waals surface area contributed by atoms with Gasteiger partial charge in [0.15, 0.2) is 0 Å². The van der Waals surface area contributed by atoms with Gasteiger partial charge in [0.05, 0.1) is 11.9 Å². The summed E-state index contributed by atoms with van der Waals surface area (Å²) in [6, 6.07) is 4.53. The van der Waals surface area contributed by atoms with E-state index >= 15 is 0 Å². The third-order valence-electron chi connectivity index (χ3n) is 3.66. The molecule has 1 amide bonds. The third-order valence-corrected chi connectivity index (χ3v) is 4.90. The fraction of sp³-hybridized carbons (Fsp3) is 0.562. The molecule has 0 spiro atoms. The Labute approximate surface area is 138 Å². The van der Waals surface area contributed by atoms with Crippen molar-refractivity contribution in [3.05, 3.63) is 29.3 Å². The van der Waals surface area contributed by atoms with Crippen LogP contribution in [-0.4, -0.2) is 46.9 Å². The number of amides is 1. The van der Waals surface area contributed by atoms with Crippen LogP contribution >= 0.6 is 0 Å². The predicted molar refractivity (Wildman–Crippen MR) is 92.2 cm³/mol. The number of nitrogens with zero attached hydrogens (tertiary/aromatic N) is 1. The molecule has 0 saturated heterocycles. The van der Waals surface area contributed by atoms with Crippen LogP contribution in [0.1, 0.15) is 24.5 Å². The number of methoxy groups -OCH3 is 1. The number of carbonyl (C=O) groups is 1. The maximum absolute atomic E-state index is 12.3. The Hall–Kier alpha value is -1.60. The maximum atomic E-state index is 12.3. The summed E-state index contributed by atoms with van der Waals surface area (Å²) in [5.41, 5.74) is 2.54. The van der Waals surface area contributed by atoms with E-state index in [4.69, 9.17) is 4.74 Å². The van der Waals surface area contributed by atoms with Gasteiger partial charge in [-0.25, -0.2) is 8.42 Å². The van der Waals surface area contributed by atoms with Gasteiger partial charge in [-0.2, -0.15) is 0 Å². The molecule has 0 heterocycles. The van der Waals surface area contributed by atoms with Gasteiger partial charge >= 0.3 is 0 Å². The van der Waals surface area contributed by atoms with Crippen LogP contribution in [0.4, 0.5) is 5.69 Å². The van der Waals surface area contributed by atoms with Crippen LogP contribution < -0.4 is 9.62 Å². The van der Waals surface area contributed by atoms with Gasteiger partial charge in [0.1, 0.15) is 6.04 Å². The van der Waals surface area contributed by atoms with Crippen molar-refractivity contribution in [1.82, 2.24) is 5.32 Å². The van der Waals surface area contributed by atoms with Gasteiger partial charge in [0.2, 0.25) is 15.9 Å². The summed E-state index contributed by atoms with van der Waals surface area (Å²) in [7, 11) is -1.99. The summed E-state index contributed by atoms with van der Waals surface area (Å²) < 4.78 is 30.4. The Balaban J connectivity index is 2.98. The van der Waals surface area contributed by atoms with E-state index in [0.29, 0.717) is 25.3 Å². The van der Waals surface area contributed by atoms with E-state index in [9.17, 15) is 13.2 Å². The second-order valence-electron chi connectivity index (χ2n) is 5.64. The van der Waals surface area contributed by atoms with E-state index in [0.717, 1.165) is 21.7 Å². The molecule has 1 rings (SSSR count). The lowest BCUT2D eigenvalue weighted by atomic mass is 10.1. The molecule has 1 N–H and O–H groups in total. The second-order valence-corrected chi connectivity index (χ2v) is 7.50. The van der Waals surface area contributed by atoms with E-state index in [2.05, 4.69) is 5.32 Å². The van der Waals surface area contributed by atoms with E-state index in [1.165, 1.54) is 0 Å². The molecule has 0 saturated carbocycles. The van der Waals surface area contributed by atoms with Crippen molar-refractivity contribution in [2.75, 3.05) is 30.8 Å². The lowest BCUT2D eigenvalue weighted by Crippen LogP contribution is -2.48. The molecular formula is C16H26N2O4S. The number of anilines is 1. The largest absolute Gasteiger partial charge is 0.385 e. The quantitative estimate of drug-likeness (QED) is 0.728. The second kappa shape index (κ2) is 8.31. The first-order valence-corrected chi connectivity index (χ1v) is 9.36. The topological polar surface area (TPSA) is 75.7 Å². The summed E-state index contributed by atoms with van der Waals surface area (Å²) in [6.07, 6.45) is 1.79. The van der Waals surface area contributed by atoms with Gasteiger partial charge in [0.25, 0.3) is 0 Å². The highest BCUT2D eigenvalue weighted by Crippen LogP contribution is 2.23. The highest BCUT2D eigenvalue weighted by atomic mass is 32.2. The molecule has 23 heavy (non-hydrogen) atoms. The molecule has 0 aliphatic heterocycles. The molecule has 6 nitrogen and oxygen atoms in total. The molecule has 7 heteroatoms. The number of aryl methyl sites for hydroxylation is 2. The summed E-state index contributed by atoms with van der Waals surface area (Å²) in [5, 5.41) is 2.74. The number of benzene rings is 1. The van der Waals surface area contributed by atoms with Crippen LogP contribution in [0.5, 0.6) is 0 Å². The van der Waals surface area contributed by atoms with E-state index in [1.807, 2.05) is 19.9 Å². The maximum Gasteiger partial charge on any atom is 0.243 e. The number of rotatable bonds is 8. The van der Waals surface area contributed by atoms with E-state index in [-0.39, 0.29) is 5.91 Å². The van der Waals surface area contributed by atoms with Crippen LogP contribution in [0.3, 0.4) is 0 Å². The lowest BCUT2D eigenvalue weighted by Gasteiger charge is -2.28. The van der Waals surface area contributed by atoms with Gasteiger partial charge in [-0.1, -0.05) is 6.07 Å². The normalized spacial score (nSPS) is 12.7. The molecule has 1 aromatic carbocycles. The minimum atomic E-state index is -3.58. The van der Waals surface area contributed by atoms with Crippen molar-refractivity contribution in [1.29, 1.82) is 0 Å². The zero-order chi connectivity index (χ0) is 17.6. The molecule has 130 valence electrons. The Morgan fingerprint density at radius 1 is 1.30 bits per heavy atom. The molecule has 1 atom stereocenters. The zero-order valence-corrected chi connectivity index (χ0v) is 15.2. The van der Waals surface area contributed by atoms with Crippen LogP contribution in [0.15, 0.2) is 18.2 Å². The molecule has 0 bridgehead atoms. The minimum Gasteiger partial charge on any atom is -0.385 e. The van der Waals surface area contributed by atoms with Crippen LogP contribution in [0.25, 0.3) is 0 Å². The fourth-order valence-corrected chi connectivity index (χ4v) is 3.41. The summed E-state index contributed by atoms with van der Waals surface area (Å²) in [4.78, 5) is 12.3. The van der Waals surface area contributed by atoms with Crippen molar-refractivity contribution in [3.63, 3.8) is 0 Å². The Morgan fingerprint density at radius 3 is 2.48 bits per heavy atom. The summed E-state index contributed by atoms with van der Waals surface area (Å²) in [5.74, 6) is -0.329. The van der Waals surface area contributed by atoms with Gasteiger partial charge in [-0.05, 0) is 50.5 Å². The fourth-order valence-electron chi connectivity index (χ4n) is 2.25. The molecule has 0 fully saturated rings. The molecule has 0 aromatic heterocycles. The Bertz CT molecular complexity index is 643. The van der Waals surface area contributed by atoms with Crippen molar-refractivity contribution in [2.45, 2.75) is 33.2 Å². The number of carbonyl (C=O) groups excluding carboxylic acids is 1. The van der Waals surface area contributed by atoms with Gasteiger partial charge in [0, 0.05) is 20.3 Å². The number of hydrogen-bond donors (Lipinski definition) is 1. The predicted octanol–water partition coefficient (Wildman–Crippen LogP) is 1.61. The lowest BCUT2D eigenvalue weighted by molar-refractivity contribution is -0.121. The van der Waals surface area contributed by atoms with E-state index in [1.54, 1.807) is 26.2 Å². The van der Waals surface area contributed by atoms with Gasteiger partial charge < -0.3 is 10.1 Å². The zero-order valence-electron chi connectivity index (χ0n) is 14.4. The summed E-state index contributed by atoms with van der Waals surface area (Å²) >= 11 is 0. The minimum absolute atomic E-state index is 0.329. The first kappa shape index (κ1) is 19.4. The standard InChI is InChI=1S/C16H26N2O4S/c1-12-7-8-15(11-13(12)2)18(23(5,20)21)14(3)16(19)17-9-6-10-22-4/h7-8,11,14H,6,9-10H2,1-5H3,(H,17,19). The smallest absolute Gasteiger partial charge is 0.243 e. The Morgan fingerprint density at radius 2 is 1.96 bits per heavy atom. The molecular weight excluding hydrogens is 316 g/mol. The van der Waals surface area contributed by atoms with Crippen molar-refractivity contribution >= 4 is 21.6 Å². The molecule has 0 aliphatic carbocycles. The molecule has 0 aliphatic rings. The molecule has 1 unspecified atom stereocenters. The summed E-state index contributed by atoms with van der Waals surface area (Å²) in [6.45, 7) is 6.44. The average molecular weight is 342 g/mol. The van der Waals surface area contributed by atoms with Gasteiger partial charge in [-0.3, -0.25) is 9.10 Å². The van der Waals surface area contributed by atoms with Crippen LogP contribution in [0, 0.1) is 13.8 Å². The van der Waals surface area contributed by atoms with Crippen LogP contribution in [0.2, 0.25) is 0 Å². The number of hydrogen-bond acceptors (Lipinski definition) is 4. The van der Waals surface area contributed by atoms with Gasteiger partial charge in [-0.15, -0.1) is 0 Å². The SMILES string of the molecule is COCCCNC(=O)C(C)N(c1ccc(C)c(C)c1)S(C)(=O)=O. The number of ether oxygens (including phenoxy) is 1. The number of sulfonamides is 1. The highest BCUT2D eigenvalue weighted by Gasteiger charge is 2.29. The highest BCUT2D eigenvalue weighted by molar-refractivity contribution is 7.92. The first-order chi connectivity index (χ1) is 10.7. The molecule has 0 radical (unpaired) electrons. The third kappa shape index (κ3) is 5.51. The monoisotopic (exact) mass is 342 g/mol. The van der Waals surface area contributed by atoms with Crippen LogP contribution in [-0.2, 0) is 19.6 Å². The van der Waals surface area contributed by atoms with Crippen molar-refractivity contribution in [3.8, 4) is 0 Å². The average Bonchev–Trinajstić information content (AvgIpc) is 2.45.